The van der Waals surface area contributed by atoms with Crippen molar-refractivity contribution in [3.63, 3.8) is 0 Å². The van der Waals surface area contributed by atoms with Crippen molar-refractivity contribution in [1.82, 2.24) is 0 Å². The molecular weight excluding hydrogens is 246 g/mol. The zero-order valence-corrected chi connectivity index (χ0v) is 10.1. The molecule has 2 nitrogen and oxygen atoms in total. The molecular formula is C9H11Cl3O2. The van der Waals surface area contributed by atoms with Crippen LogP contribution in [-0.2, 0) is 9.53 Å². The highest BCUT2D eigenvalue weighted by Gasteiger charge is 2.33. The van der Waals surface area contributed by atoms with Crippen molar-refractivity contribution in [3.8, 4) is 0 Å². The molecule has 0 aromatic rings. The van der Waals surface area contributed by atoms with Crippen LogP contribution in [0.3, 0.4) is 0 Å². The average Bonchev–Trinajstić information content (AvgIpc) is 2.00. The molecule has 0 aliphatic heterocycles. The second-order valence-electron chi connectivity index (χ2n) is 2.48. The van der Waals surface area contributed by atoms with Crippen LogP contribution in [0.5, 0.6) is 0 Å². The van der Waals surface area contributed by atoms with Gasteiger partial charge in [-0.15, -0.1) is 0 Å². The lowest BCUT2D eigenvalue weighted by atomic mass is 10.3. The van der Waals surface area contributed by atoms with Crippen LogP contribution in [0.15, 0.2) is 24.3 Å². The Morgan fingerprint density at radius 2 is 1.93 bits per heavy atom. The molecule has 0 saturated heterocycles. The van der Waals surface area contributed by atoms with E-state index in [0.717, 1.165) is 0 Å². The number of alkyl halides is 3. The summed E-state index contributed by atoms with van der Waals surface area (Å²) in [5, 5.41) is 0. The number of hydrogen-bond donors (Lipinski definition) is 0. The minimum atomic E-state index is -1.65. The van der Waals surface area contributed by atoms with Crippen LogP contribution in [0.1, 0.15) is 13.8 Å². The molecule has 1 atom stereocenters. The smallest absolute Gasteiger partial charge is 0.303 e. The summed E-state index contributed by atoms with van der Waals surface area (Å²) in [6.45, 7) is 3.10. The second kappa shape index (κ2) is 6.33. The van der Waals surface area contributed by atoms with Crippen LogP contribution in [0.2, 0.25) is 0 Å². The quantitative estimate of drug-likeness (QED) is 0.440. The van der Waals surface area contributed by atoms with E-state index in [9.17, 15) is 4.79 Å². The first-order valence-corrected chi connectivity index (χ1v) is 5.04. The highest BCUT2D eigenvalue weighted by Crippen LogP contribution is 2.33. The van der Waals surface area contributed by atoms with Crippen molar-refractivity contribution in [2.45, 2.75) is 23.7 Å². The van der Waals surface area contributed by atoms with Gasteiger partial charge in [0.15, 0.2) is 6.10 Å². The van der Waals surface area contributed by atoms with Gasteiger partial charge in [0, 0.05) is 6.92 Å². The first kappa shape index (κ1) is 13.8. The predicted octanol–water partition coefficient (Wildman–Crippen LogP) is 3.42. The molecule has 0 fully saturated rings. The summed E-state index contributed by atoms with van der Waals surface area (Å²) in [5.41, 5.74) is 0. The Bertz CT molecular complexity index is 241. The Kier molecular flexibility index (Phi) is 6.25. The maximum Gasteiger partial charge on any atom is 0.303 e. The molecule has 1 unspecified atom stereocenters. The number of hydrogen-bond acceptors (Lipinski definition) is 2. The molecule has 0 bridgehead atoms. The van der Waals surface area contributed by atoms with Gasteiger partial charge in [-0.05, 0) is 13.0 Å². The van der Waals surface area contributed by atoms with Gasteiger partial charge in [0.1, 0.15) is 0 Å². The number of halogens is 3. The molecule has 5 heteroatoms. The van der Waals surface area contributed by atoms with Crippen LogP contribution in [0, 0.1) is 0 Å². The lowest BCUT2D eigenvalue weighted by molar-refractivity contribution is -0.143. The minimum absolute atomic E-state index is 0.494. The Hall–Kier alpha value is -0.180. The largest absolute Gasteiger partial charge is 0.454 e. The summed E-state index contributed by atoms with van der Waals surface area (Å²) in [4.78, 5) is 10.7. The Labute approximate surface area is 98.5 Å². The van der Waals surface area contributed by atoms with Gasteiger partial charge in [-0.1, -0.05) is 53.0 Å². The molecule has 0 N–H and O–H groups in total. The van der Waals surface area contributed by atoms with Crippen molar-refractivity contribution in [2.75, 3.05) is 0 Å². The van der Waals surface area contributed by atoms with Gasteiger partial charge in [-0.2, -0.15) is 0 Å². The third-order valence-electron chi connectivity index (χ3n) is 1.21. The predicted molar refractivity (Wildman–Crippen MR) is 59.8 cm³/mol. The number of allylic oxidation sites excluding steroid dienone is 3. The summed E-state index contributed by atoms with van der Waals surface area (Å²) in [5.74, 6) is -0.494. The maximum atomic E-state index is 10.7. The zero-order valence-electron chi connectivity index (χ0n) is 7.84. The van der Waals surface area contributed by atoms with Gasteiger partial charge in [-0.3, -0.25) is 4.79 Å². The van der Waals surface area contributed by atoms with Crippen molar-refractivity contribution < 1.29 is 9.53 Å². The van der Waals surface area contributed by atoms with Gasteiger partial charge in [0.25, 0.3) is 0 Å². The van der Waals surface area contributed by atoms with Crippen LogP contribution in [0.25, 0.3) is 0 Å². The normalized spacial score (nSPS) is 14.9. The standard InChI is InChI=1S/C9H11Cl3O2/c1-3-4-5-6-8(9(10,11)12)14-7(2)13/h3-6,8H,1-2H3/b4-3+,6-5+. The number of carbonyl (C=O) groups excluding carboxylic acids is 1. The third kappa shape index (κ3) is 6.30. The van der Waals surface area contributed by atoms with E-state index in [0.29, 0.717) is 0 Å². The molecule has 80 valence electrons. The lowest BCUT2D eigenvalue weighted by Crippen LogP contribution is -2.28. The molecule has 0 aliphatic rings. The van der Waals surface area contributed by atoms with Crippen molar-refractivity contribution in [1.29, 1.82) is 0 Å². The van der Waals surface area contributed by atoms with E-state index in [1.807, 2.05) is 6.92 Å². The summed E-state index contributed by atoms with van der Waals surface area (Å²) < 4.78 is 3.16. The minimum Gasteiger partial charge on any atom is -0.454 e. The van der Waals surface area contributed by atoms with Crippen LogP contribution in [-0.4, -0.2) is 15.9 Å². The van der Waals surface area contributed by atoms with Gasteiger partial charge in [-0.25, -0.2) is 0 Å². The Morgan fingerprint density at radius 1 is 1.36 bits per heavy atom. The molecule has 0 amide bonds. The van der Waals surface area contributed by atoms with E-state index in [2.05, 4.69) is 0 Å². The number of rotatable bonds is 3. The van der Waals surface area contributed by atoms with Crippen molar-refractivity contribution >= 4 is 40.8 Å². The molecule has 0 radical (unpaired) electrons. The summed E-state index contributed by atoms with van der Waals surface area (Å²) in [6, 6.07) is 0. The fraction of sp³-hybridized carbons (Fsp3) is 0.444. The highest BCUT2D eigenvalue weighted by atomic mass is 35.6. The first-order valence-electron chi connectivity index (χ1n) is 3.91. The first-order chi connectivity index (χ1) is 6.38. The van der Waals surface area contributed by atoms with E-state index in [1.54, 1.807) is 18.2 Å². The SMILES string of the molecule is C/C=C/C=C/C(OC(C)=O)C(Cl)(Cl)Cl. The zero-order chi connectivity index (χ0) is 11.2. The number of carbonyl (C=O) groups is 1. The lowest BCUT2D eigenvalue weighted by Gasteiger charge is -2.20. The number of ether oxygens (including phenoxy) is 1. The molecule has 0 saturated carbocycles. The van der Waals surface area contributed by atoms with Gasteiger partial charge in [0.05, 0.1) is 0 Å². The van der Waals surface area contributed by atoms with Crippen LogP contribution >= 0.6 is 34.8 Å². The Balaban J connectivity index is 4.48. The van der Waals surface area contributed by atoms with Crippen LogP contribution in [0.4, 0.5) is 0 Å². The molecule has 0 heterocycles. The molecule has 0 spiro atoms. The number of esters is 1. The van der Waals surface area contributed by atoms with E-state index < -0.39 is 15.9 Å². The topological polar surface area (TPSA) is 26.3 Å². The van der Waals surface area contributed by atoms with Crippen molar-refractivity contribution in [2.24, 2.45) is 0 Å². The second-order valence-corrected chi connectivity index (χ2v) is 4.85. The van der Waals surface area contributed by atoms with E-state index >= 15 is 0 Å². The third-order valence-corrected chi connectivity index (χ3v) is 1.85. The van der Waals surface area contributed by atoms with Gasteiger partial charge in [0.2, 0.25) is 3.79 Å². The van der Waals surface area contributed by atoms with Gasteiger partial charge >= 0.3 is 5.97 Å². The van der Waals surface area contributed by atoms with Gasteiger partial charge < -0.3 is 4.74 Å². The summed E-state index contributed by atoms with van der Waals surface area (Å²) in [7, 11) is 0. The summed E-state index contributed by atoms with van der Waals surface area (Å²) in [6.07, 6.45) is 5.83. The van der Waals surface area contributed by atoms with Crippen molar-refractivity contribution in [3.05, 3.63) is 24.3 Å². The molecule has 0 aromatic carbocycles. The summed E-state index contributed by atoms with van der Waals surface area (Å²) >= 11 is 16.8. The maximum absolute atomic E-state index is 10.7. The van der Waals surface area contributed by atoms with Crippen LogP contribution < -0.4 is 0 Å². The Morgan fingerprint density at radius 3 is 2.29 bits per heavy atom. The van der Waals surface area contributed by atoms with E-state index in [4.69, 9.17) is 39.5 Å². The molecule has 14 heavy (non-hydrogen) atoms. The molecule has 0 aliphatic carbocycles. The molecule has 0 aromatic heterocycles. The highest BCUT2D eigenvalue weighted by molar-refractivity contribution is 6.68. The molecule has 0 rings (SSSR count). The van der Waals surface area contributed by atoms with E-state index in [-0.39, 0.29) is 0 Å². The fourth-order valence-corrected chi connectivity index (χ4v) is 1.02. The monoisotopic (exact) mass is 256 g/mol. The average molecular weight is 258 g/mol. The van der Waals surface area contributed by atoms with E-state index in [1.165, 1.54) is 13.0 Å². The fourth-order valence-electron chi connectivity index (χ4n) is 0.670.